The number of aromatic nitrogens is 2. The molecule has 6 nitrogen and oxygen atoms in total. The summed E-state index contributed by atoms with van der Waals surface area (Å²) in [7, 11) is 1.35. The Kier molecular flexibility index (Phi) is 4.32. The van der Waals surface area contributed by atoms with Gasteiger partial charge in [0.25, 0.3) is 5.91 Å². The first-order valence-corrected chi connectivity index (χ1v) is 6.73. The molecule has 2 heterocycles. The average molecular weight is 277 g/mol. The average Bonchev–Trinajstić information content (AvgIpc) is 2.46. The molecule has 1 aromatic rings. The first-order valence-electron chi connectivity index (χ1n) is 6.73. The smallest absolute Gasteiger partial charge is 0.328 e. The predicted molar refractivity (Wildman–Crippen MR) is 72.2 cm³/mol. The van der Waals surface area contributed by atoms with E-state index in [4.69, 9.17) is 4.74 Å². The number of nitrogens with zero attached hydrogens (tertiary/aromatic N) is 3. The Morgan fingerprint density at radius 3 is 2.75 bits per heavy atom. The van der Waals surface area contributed by atoms with Gasteiger partial charge in [-0.2, -0.15) is 0 Å². The van der Waals surface area contributed by atoms with Crippen LogP contribution in [0.15, 0.2) is 6.20 Å². The van der Waals surface area contributed by atoms with Crippen molar-refractivity contribution in [3.63, 3.8) is 0 Å². The number of aryl methyl sites for hydroxylation is 2. The molecule has 0 bridgehead atoms. The van der Waals surface area contributed by atoms with Crippen molar-refractivity contribution in [1.82, 2.24) is 14.9 Å². The lowest BCUT2D eigenvalue weighted by Gasteiger charge is -2.33. The molecule has 0 radical (unpaired) electrons. The zero-order valence-corrected chi connectivity index (χ0v) is 12.0. The van der Waals surface area contributed by atoms with E-state index < -0.39 is 6.04 Å². The number of rotatable bonds is 2. The zero-order valence-electron chi connectivity index (χ0n) is 12.0. The molecule has 0 N–H and O–H groups in total. The lowest BCUT2D eigenvalue weighted by Crippen LogP contribution is -2.48. The first-order chi connectivity index (χ1) is 9.54. The van der Waals surface area contributed by atoms with Crippen molar-refractivity contribution in [2.24, 2.45) is 0 Å². The Morgan fingerprint density at radius 2 is 2.10 bits per heavy atom. The van der Waals surface area contributed by atoms with Crippen LogP contribution >= 0.6 is 0 Å². The topological polar surface area (TPSA) is 72.4 Å². The standard InChI is InChI=1S/C14H19N3O3/c1-9-11(8-15-10(2)16-9)13(18)17-7-5-4-6-12(17)14(19)20-3/h8,12H,4-7H2,1-3H3/t12-/m1/s1. The van der Waals surface area contributed by atoms with Crippen LogP contribution in [-0.2, 0) is 9.53 Å². The normalized spacial score (nSPS) is 18.8. The van der Waals surface area contributed by atoms with Crippen LogP contribution in [0.2, 0.25) is 0 Å². The van der Waals surface area contributed by atoms with Gasteiger partial charge in [0.2, 0.25) is 0 Å². The molecule has 1 amide bonds. The van der Waals surface area contributed by atoms with Crippen molar-refractivity contribution in [3.05, 3.63) is 23.3 Å². The number of esters is 1. The molecule has 1 aliphatic rings. The fourth-order valence-electron chi connectivity index (χ4n) is 2.50. The van der Waals surface area contributed by atoms with Gasteiger partial charge in [0.05, 0.1) is 18.4 Å². The van der Waals surface area contributed by atoms with Crippen LogP contribution in [0.25, 0.3) is 0 Å². The molecule has 0 spiro atoms. The summed E-state index contributed by atoms with van der Waals surface area (Å²) in [5.41, 5.74) is 1.09. The van der Waals surface area contributed by atoms with Crippen molar-refractivity contribution in [3.8, 4) is 0 Å². The maximum Gasteiger partial charge on any atom is 0.328 e. The van der Waals surface area contributed by atoms with E-state index in [-0.39, 0.29) is 11.9 Å². The molecule has 2 rings (SSSR count). The van der Waals surface area contributed by atoms with E-state index in [1.165, 1.54) is 13.3 Å². The molecule has 0 aromatic carbocycles. The molecule has 20 heavy (non-hydrogen) atoms. The SMILES string of the molecule is COC(=O)[C@H]1CCCCN1C(=O)c1cnc(C)nc1C. The number of hydrogen-bond acceptors (Lipinski definition) is 5. The highest BCUT2D eigenvalue weighted by atomic mass is 16.5. The number of ether oxygens (including phenoxy) is 1. The largest absolute Gasteiger partial charge is 0.467 e. The van der Waals surface area contributed by atoms with Crippen molar-refractivity contribution >= 4 is 11.9 Å². The summed E-state index contributed by atoms with van der Waals surface area (Å²) in [6.07, 6.45) is 3.99. The Balaban J connectivity index is 2.27. The lowest BCUT2D eigenvalue weighted by molar-refractivity contribution is -0.147. The number of methoxy groups -OCH3 is 1. The van der Waals surface area contributed by atoms with Gasteiger partial charge in [0.15, 0.2) is 0 Å². The molecule has 6 heteroatoms. The lowest BCUT2D eigenvalue weighted by atomic mass is 10.0. The first kappa shape index (κ1) is 14.4. The monoisotopic (exact) mass is 277 g/mol. The van der Waals surface area contributed by atoms with Gasteiger partial charge in [0.1, 0.15) is 11.9 Å². The molecule has 108 valence electrons. The van der Waals surface area contributed by atoms with Crippen molar-refractivity contribution in [2.75, 3.05) is 13.7 Å². The zero-order chi connectivity index (χ0) is 14.7. The Hall–Kier alpha value is -1.98. The van der Waals surface area contributed by atoms with E-state index in [1.54, 1.807) is 18.7 Å². The van der Waals surface area contributed by atoms with Gasteiger partial charge in [-0.25, -0.2) is 14.8 Å². The number of carbonyl (C=O) groups excluding carboxylic acids is 2. The van der Waals surface area contributed by atoms with E-state index in [0.29, 0.717) is 30.0 Å². The molecular formula is C14H19N3O3. The number of likely N-dealkylation sites (tertiary alicyclic amines) is 1. The molecular weight excluding hydrogens is 258 g/mol. The molecule has 0 unspecified atom stereocenters. The summed E-state index contributed by atoms with van der Waals surface area (Å²) in [6, 6.07) is -0.498. The van der Waals surface area contributed by atoms with Gasteiger partial charge in [-0.05, 0) is 33.1 Å². The molecule has 1 aromatic heterocycles. The van der Waals surface area contributed by atoms with Crippen LogP contribution in [0.3, 0.4) is 0 Å². The Bertz CT molecular complexity index is 530. The summed E-state index contributed by atoms with van der Waals surface area (Å²) >= 11 is 0. The number of carbonyl (C=O) groups is 2. The fourth-order valence-corrected chi connectivity index (χ4v) is 2.50. The van der Waals surface area contributed by atoms with Crippen molar-refractivity contribution in [1.29, 1.82) is 0 Å². The third-order valence-corrected chi connectivity index (χ3v) is 3.57. The second kappa shape index (κ2) is 5.98. The minimum absolute atomic E-state index is 0.197. The molecule has 1 saturated heterocycles. The Labute approximate surface area is 118 Å². The second-order valence-electron chi connectivity index (χ2n) is 4.95. The van der Waals surface area contributed by atoms with Gasteiger partial charge in [-0.3, -0.25) is 4.79 Å². The van der Waals surface area contributed by atoms with E-state index >= 15 is 0 Å². The van der Waals surface area contributed by atoms with Crippen LogP contribution in [0, 0.1) is 13.8 Å². The summed E-state index contributed by atoms with van der Waals surface area (Å²) in [5, 5.41) is 0. The predicted octanol–water partition coefficient (Wildman–Crippen LogP) is 1.26. The summed E-state index contributed by atoms with van der Waals surface area (Å²) < 4.78 is 4.79. The number of piperidine rings is 1. The van der Waals surface area contributed by atoms with Gasteiger partial charge in [0, 0.05) is 12.7 Å². The summed E-state index contributed by atoms with van der Waals surface area (Å²) in [5.74, 6) is 0.0727. The van der Waals surface area contributed by atoms with Crippen LogP contribution in [0.4, 0.5) is 0 Å². The molecule has 0 saturated carbocycles. The minimum Gasteiger partial charge on any atom is -0.467 e. The quantitative estimate of drug-likeness (QED) is 0.761. The van der Waals surface area contributed by atoms with E-state index in [2.05, 4.69) is 9.97 Å². The van der Waals surface area contributed by atoms with Crippen molar-refractivity contribution < 1.29 is 14.3 Å². The maximum absolute atomic E-state index is 12.6. The Morgan fingerprint density at radius 1 is 1.35 bits per heavy atom. The van der Waals surface area contributed by atoms with Crippen LogP contribution in [0.1, 0.15) is 41.1 Å². The molecule has 1 aliphatic heterocycles. The summed E-state index contributed by atoms with van der Waals surface area (Å²) in [4.78, 5) is 34.3. The minimum atomic E-state index is -0.498. The fraction of sp³-hybridized carbons (Fsp3) is 0.571. The molecule has 0 aliphatic carbocycles. The van der Waals surface area contributed by atoms with Gasteiger partial charge in [-0.1, -0.05) is 0 Å². The van der Waals surface area contributed by atoms with Crippen molar-refractivity contribution in [2.45, 2.75) is 39.2 Å². The van der Waals surface area contributed by atoms with E-state index in [9.17, 15) is 9.59 Å². The van der Waals surface area contributed by atoms with E-state index in [0.717, 1.165) is 12.8 Å². The van der Waals surface area contributed by atoms with E-state index in [1.807, 2.05) is 0 Å². The molecule has 1 fully saturated rings. The van der Waals surface area contributed by atoms with Gasteiger partial charge >= 0.3 is 5.97 Å². The van der Waals surface area contributed by atoms with Crippen LogP contribution in [-0.4, -0.2) is 46.4 Å². The highest BCUT2D eigenvalue weighted by Crippen LogP contribution is 2.21. The van der Waals surface area contributed by atoms with Gasteiger partial charge in [-0.15, -0.1) is 0 Å². The highest BCUT2D eigenvalue weighted by Gasteiger charge is 2.34. The highest BCUT2D eigenvalue weighted by molar-refractivity contribution is 5.97. The van der Waals surface area contributed by atoms with Crippen LogP contribution < -0.4 is 0 Å². The maximum atomic E-state index is 12.6. The summed E-state index contributed by atoms with van der Waals surface area (Å²) in [6.45, 7) is 4.12. The third kappa shape index (κ3) is 2.79. The third-order valence-electron chi connectivity index (χ3n) is 3.57. The number of hydrogen-bond donors (Lipinski definition) is 0. The molecule has 1 atom stereocenters. The number of amides is 1. The van der Waals surface area contributed by atoms with Gasteiger partial charge < -0.3 is 9.64 Å². The second-order valence-corrected chi connectivity index (χ2v) is 4.95. The van der Waals surface area contributed by atoms with Crippen LogP contribution in [0.5, 0.6) is 0 Å².